The maximum absolute atomic E-state index is 12.8. The van der Waals surface area contributed by atoms with Crippen molar-refractivity contribution < 1.29 is 45.4 Å². The first-order valence-electron chi connectivity index (χ1n) is 16.6. The highest BCUT2D eigenvalue weighted by Gasteiger charge is 2.35. The second-order valence-electron chi connectivity index (χ2n) is 14.3. The van der Waals surface area contributed by atoms with E-state index in [-0.39, 0.29) is 35.2 Å². The number of alkyl halides is 6. The quantitative estimate of drug-likeness (QED) is 0.133. The molecule has 2 aliphatic rings. The lowest BCUT2D eigenvalue weighted by atomic mass is 9.91. The number of nitrogens with one attached hydrogen (secondary N) is 3. The Balaban J connectivity index is 0.000000304. The van der Waals surface area contributed by atoms with Gasteiger partial charge in [-0.3, -0.25) is 0 Å². The zero-order chi connectivity index (χ0) is 40.4. The van der Waals surface area contributed by atoms with Crippen LogP contribution in [0.15, 0.2) is 12.1 Å². The highest BCUT2D eigenvalue weighted by molar-refractivity contribution is 6.31. The highest BCUT2D eigenvalue weighted by Crippen LogP contribution is 2.31. The second-order valence-corrected chi connectivity index (χ2v) is 15.4. The van der Waals surface area contributed by atoms with Crippen LogP contribution in [0.2, 0.25) is 15.7 Å². The molecule has 5 N–H and O–H groups in total. The molecule has 300 valence electrons. The number of alkyl carbamates (subject to hydrolysis) is 2. The summed E-state index contributed by atoms with van der Waals surface area (Å²) in [5, 5.41) is 7.35. The maximum Gasteiger partial charge on any atom is 0.433 e. The Hall–Kier alpha value is -3.09. The second kappa shape index (κ2) is 19.5. The molecule has 0 aromatic carbocycles. The van der Waals surface area contributed by atoms with Crippen LogP contribution in [0, 0.1) is 0 Å². The lowest BCUT2D eigenvalue weighted by molar-refractivity contribution is -0.142. The topological polar surface area (TPSA) is 166 Å². The number of halogens is 9. The number of carbonyl (C=O) groups excluding carboxylic acids is 2. The molecule has 0 radical (unpaired) electrons. The molecule has 2 heterocycles. The fourth-order valence-corrected chi connectivity index (χ4v) is 5.57. The number of hydrogen-bond acceptors (Lipinski definition) is 10. The molecule has 0 saturated heterocycles. The Bertz CT molecular complexity index is 1470. The molecule has 21 heteroatoms. The van der Waals surface area contributed by atoms with Crippen molar-refractivity contribution in [2.75, 3.05) is 5.32 Å². The number of amides is 2. The highest BCUT2D eigenvalue weighted by atomic mass is 35.5. The molecule has 0 bridgehead atoms. The average Bonchev–Trinajstić information content (AvgIpc) is 2.96. The Labute approximate surface area is 319 Å². The van der Waals surface area contributed by atoms with E-state index in [1.807, 2.05) is 20.8 Å². The van der Waals surface area contributed by atoms with Crippen molar-refractivity contribution in [2.45, 2.75) is 141 Å². The third kappa shape index (κ3) is 19.2. The fourth-order valence-electron chi connectivity index (χ4n) is 4.98. The van der Waals surface area contributed by atoms with E-state index in [4.69, 9.17) is 50.0 Å². The van der Waals surface area contributed by atoms with Crippen molar-refractivity contribution in [3.63, 3.8) is 0 Å². The first-order valence-corrected chi connectivity index (χ1v) is 17.7. The Morgan fingerprint density at radius 1 is 0.642 bits per heavy atom. The Morgan fingerprint density at radius 3 is 1.42 bits per heavy atom. The van der Waals surface area contributed by atoms with Crippen molar-refractivity contribution in [3.8, 4) is 0 Å². The van der Waals surface area contributed by atoms with Crippen molar-refractivity contribution in [1.29, 1.82) is 0 Å². The first kappa shape index (κ1) is 46.1. The Morgan fingerprint density at radius 2 is 1.02 bits per heavy atom. The summed E-state index contributed by atoms with van der Waals surface area (Å²) in [5.41, 5.74) is 2.57. The molecule has 12 nitrogen and oxygen atoms in total. The van der Waals surface area contributed by atoms with Crippen molar-refractivity contribution >= 4 is 52.8 Å². The van der Waals surface area contributed by atoms with Crippen LogP contribution in [0.25, 0.3) is 0 Å². The summed E-state index contributed by atoms with van der Waals surface area (Å²) in [6.45, 7) is 11.0. The molecule has 0 unspecified atom stereocenters. The van der Waals surface area contributed by atoms with Crippen LogP contribution in [0.1, 0.15) is 104 Å². The van der Waals surface area contributed by atoms with Gasteiger partial charge in [0.05, 0.1) is 0 Å². The van der Waals surface area contributed by atoms with Gasteiger partial charge in [0.1, 0.15) is 22.2 Å². The molecule has 2 aromatic rings. The molecule has 0 aliphatic heterocycles. The normalized spacial score (nSPS) is 20.8. The summed E-state index contributed by atoms with van der Waals surface area (Å²) in [5.74, 6) is 0.0425. The molecular formula is C32H45Cl3F6N8O4. The smallest absolute Gasteiger partial charge is 0.433 e. The number of nitrogens with two attached hydrogens (primary N) is 1. The molecule has 2 fully saturated rings. The molecule has 53 heavy (non-hydrogen) atoms. The maximum atomic E-state index is 12.8. The summed E-state index contributed by atoms with van der Waals surface area (Å²) in [7, 11) is 0. The zero-order valence-electron chi connectivity index (χ0n) is 30.0. The molecule has 4 rings (SSSR count). The molecule has 2 aliphatic carbocycles. The van der Waals surface area contributed by atoms with E-state index in [1.165, 1.54) is 0 Å². The lowest BCUT2D eigenvalue weighted by Crippen LogP contribution is -2.42. The third-order valence-corrected chi connectivity index (χ3v) is 7.77. The first-order chi connectivity index (χ1) is 24.2. The standard InChI is InChI=1S/C16H22ClF3N4O2.C11H22N2O2.C5HCl2F3N2/c1-15(2,3)26-14(25)22-10-6-4-9(5-7-10)21-12-8-11(16(18,19)20)23-13(17)24-12;1-11(2,3)15-10(14)13-9-6-4-8(12)5-7-9;6-3-1-2(5(8,9)10)11-4(7)12-3/h8-10H,4-7H2,1-3H3,(H,22,25)(H,21,23,24);8-9H,4-7,12H2,1-3H3,(H,13,14);1H. The van der Waals surface area contributed by atoms with Gasteiger partial charge in [-0.05, 0) is 116 Å². The monoisotopic (exact) mass is 824 g/mol. The number of ether oxygens (including phenoxy) is 2. The van der Waals surface area contributed by atoms with Gasteiger partial charge in [-0.25, -0.2) is 29.5 Å². The summed E-state index contributed by atoms with van der Waals surface area (Å²) < 4.78 is 84.6. The van der Waals surface area contributed by atoms with Gasteiger partial charge in [0.2, 0.25) is 10.6 Å². The van der Waals surface area contributed by atoms with Gasteiger partial charge in [-0.15, -0.1) is 0 Å². The number of carbonyl (C=O) groups is 2. The van der Waals surface area contributed by atoms with Gasteiger partial charge >= 0.3 is 24.5 Å². The fraction of sp³-hybridized carbons (Fsp3) is 0.688. The van der Waals surface area contributed by atoms with Gasteiger partial charge in [-0.1, -0.05) is 11.6 Å². The third-order valence-electron chi connectivity index (χ3n) is 7.24. The number of aromatic nitrogens is 4. The van der Waals surface area contributed by atoms with Gasteiger partial charge in [0, 0.05) is 36.3 Å². The van der Waals surface area contributed by atoms with E-state index < -0.39 is 51.6 Å². The minimum absolute atomic E-state index is 0.0253. The summed E-state index contributed by atoms with van der Waals surface area (Å²) in [6.07, 6.45) is -3.32. The van der Waals surface area contributed by atoms with Gasteiger partial charge in [0.25, 0.3) is 0 Å². The summed E-state index contributed by atoms with van der Waals surface area (Å²) in [6, 6.07) is 1.91. The van der Waals surface area contributed by atoms with Crippen LogP contribution in [-0.4, -0.2) is 67.5 Å². The van der Waals surface area contributed by atoms with Crippen LogP contribution in [0.3, 0.4) is 0 Å². The number of hydrogen-bond donors (Lipinski definition) is 4. The largest absolute Gasteiger partial charge is 0.444 e. The molecule has 2 saturated carbocycles. The Kier molecular flexibility index (Phi) is 16.9. The van der Waals surface area contributed by atoms with Gasteiger partial charge in [-0.2, -0.15) is 26.3 Å². The van der Waals surface area contributed by atoms with Crippen molar-refractivity contribution in [3.05, 3.63) is 39.2 Å². The van der Waals surface area contributed by atoms with E-state index >= 15 is 0 Å². The van der Waals surface area contributed by atoms with Crippen LogP contribution in [-0.2, 0) is 21.8 Å². The minimum atomic E-state index is -4.59. The number of nitrogens with zero attached hydrogens (tertiary/aromatic N) is 4. The molecule has 2 amide bonds. The van der Waals surface area contributed by atoms with Crippen LogP contribution in [0.4, 0.5) is 41.7 Å². The summed E-state index contributed by atoms with van der Waals surface area (Å²) in [4.78, 5) is 36.4. The minimum Gasteiger partial charge on any atom is -0.444 e. The number of rotatable bonds is 4. The van der Waals surface area contributed by atoms with Crippen LogP contribution in [0.5, 0.6) is 0 Å². The zero-order valence-corrected chi connectivity index (χ0v) is 32.3. The van der Waals surface area contributed by atoms with Gasteiger partial charge < -0.3 is 31.2 Å². The van der Waals surface area contributed by atoms with E-state index in [9.17, 15) is 35.9 Å². The summed E-state index contributed by atoms with van der Waals surface area (Å²) >= 11 is 16.0. The van der Waals surface area contributed by atoms with E-state index in [0.29, 0.717) is 37.8 Å². The van der Waals surface area contributed by atoms with Crippen molar-refractivity contribution in [2.24, 2.45) is 5.73 Å². The van der Waals surface area contributed by atoms with Gasteiger partial charge in [0.15, 0.2) is 11.4 Å². The van der Waals surface area contributed by atoms with E-state index in [1.54, 1.807) is 20.8 Å². The van der Waals surface area contributed by atoms with E-state index in [2.05, 4.69) is 35.9 Å². The molecule has 2 aromatic heterocycles. The van der Waals surface area contributed by atoms with Crippen LogP contribution >= 0.6 is 34.8 Å². The predicted molar refractivity (Wildman–Crippen MR) is 188 cm³/mol. The molecule has 0 atom stereocenters. The SMILES string of the molecule is CC(C)(C)OC(=O)NC1CCC(N)CC1.CC(C)(C)OC(=O)NC1CCC(Nc2cc(C(F)(F)F)nc(Cl)n2)CC1.FC(F)(F)c1cc(Cl)nc(Cl)n1. The van der Waals surface area contributed by atoms with E-state index in [0.717, 1.165) is 31.7 Å². The lowest BCUT2D eigenvalue weighted by Gasteiger charge is -2.30. The predicted octanol–water partition coefficient (Wildman–Crippen LogP) is 8.98. The number of anilines is 1. The average molecular weight is 826 g/mol. The van der Waals surface area contributed by atoms with Crippen molar-refractivity contribution in [1.82, 2.24) is 30.6 Å². The molecular weight excluding hydrogens is 781 g/mol. The molecule has 0 spiro atoms. The van der Waals surface area contributed by atoms with Crippen LogP contribution < -0.4 is 21.7 Å².